The molecule has 0 aliphatic carbocycles. The molecule has 0 saturated carbocycles. The number of hydrogen-bond donors (Lipinski definition) is 0. The Morgan fingerprint density at radius 2 is 1.70 bits per heavy atom. The first-order chi connectivity index (χ1) is 16.0. The van der Waals surface area contributed by atoms with Gasteiger partial charge in [-0.3, -0.25) is 4.79 Å². The molecule has 4 rings (SSSR count). The molecular formula is C26H25Cl2NO4. The van der Waals surface area contributed by atoms with Crippen molar-refractivity contribution in [2.24, 2.45) is 0 Å². The van der Waals surface area contributed by atoms with E-state index in [1.54, 1.807) is 19.2 Å². The summed E-state index contributed by atoms with van der Waals surface area (Å²) in [5.74, 6) is 1.36. The third-order valence-electron chi connectivity index (χ3n) is 5.80. The molecule has 0 radical (unpaired) electrons. The van der Waals surface area contributed by atoms with Crippen LogP contribution in [0.15, 0.2) is 72.8 Å². The smallest absolute Gasteiger partial charge is 0.248 e. The molecule has 1 atom stereocenters. The molecule has 0 N–H and O–H groups in total. The summed E-state index contributed by atoms with van der Waals surface area (Å²) in [5, 5.41) is 0.889. The van der Waals surface area contributed by atoms with E-state index in [0.717, 1.165) is 16.9 Å². The van der Waals surface area contributed by atoms with Crippen LogP contribution in [0.3, 0.4) is 0 Å². The summed E-state index contributed by atoms with van der Waals surface area (Å²) < 4.78 is 17.6. The van der Waals surface area contributed by atoms with Gasteiger partial charge >= 0.3 is 0 Å². The SMILES string of the molecule is COc1ccc(OCC2(c3ccc(Cl)c(Cl)c3)CCN(Cc3ccccc3)C(=O)CO2)cc1. The summed E-state index contributed by atoms with van der Waals surface area (Å²) in [6.07, 6.45) is 0.541. The van der Waals surface area contributed by atoms with Gasteiger partial charge in [-0.15, -0.1) is 0 Å². The summed E-state index contributed by atoms with van der Waals surface area (Å²) >= 11 is 12.5. The lowest BCUT2D eigenvalue weighted by atomic mass is 9.90. The highest BCUT2D eigenvalue weighted by molar-refractivity contribution is 6.42. The highest BCUT2D eigenvalue weighted by atomic mass is 35.5. The van der Waals surface area contributed by atoms with Crippen LogP contribution in [0.25, 0.3) is 0 Å². The minimum atomic E-state index is -0.866. The molecular weight excluding hydrogens is 461 g/mol. The highest BCUT2D eigenvalue weighted by Gasteiger charge is 2.39. The van der Waals surface area contributed by atoms with E-state index in [1.165, 1.54) is 0 Å². The number of carbonyl (C=O) groups is 1. The van der Waals surface area contributed by atoms with Gasteiger partial charge in [0.05, 0.1) is 17.2 Å². The molecule has 1 aliphatic heterocycles. The van der Waals surface area contributed by atoms with Gasteiger partial charge in [0.1, 0.15) is 30.3 Å². The van der Waals surface area contributed by atoms with Crippen LogP contribution in [-0.4, -0.2) is 37.7 Å². The predicted octanol–water partition coefficient (Wildman–Crippen LogP) is 5.73. The summed E-state index contributed by atoms with van der Waals surface area (Å²) in [5.41, 5.74) is 1.03. The third-order valence-corrected chi connectivity index (χ3v) is 6.54. The monoisotopic (exact) mass is 485 g/mol. The Bertz CT molecular complexity index is 1090. The van der Waals surface area contributed by atoms with E-state index in [0.29, 0.717) is 35.3 Å². The molecule has 0 bridgehead atoms. The Morgan fingerprint density at radius 1 is 0.970 bits per heavy atom. The number of hydrogen-bond acceptors (Lipinski definition) is 4. The molecule has 5 nitrogen and oxygen atoms in total. The number of ether oxygens (including phenoxy) is 3. The Labute approximate surface area is 203 Å². The van der Waals surface area contributed by atoms with E-state index >= 15 is 0 Å². The molecule has 1 saturated heterocycles. The van der Waals surface area contributed by atoms with E-state index in [2.05, 4.69) is 0 Å². The predicted molar refractivity (Wildman–Crippen MR) is 129 cm³/mol. The Hall–Kier alpha value is -2.73. The summed E-state index contributed by atoms with van der Waals surface area (Å²) in [7, 11) is 1.62. The first kappa shape index (κ1) is 23.4. The summed E-state index contributed by atoms with van der Waals surface area (Å²) in [6.45, 7) is 1.20. The van der Waals surface area contributed by atoms with Crippen molar-refractivity contribution in [3.05, 3.63) is 94.0 Å². The minimum Gasteiger partial charge on any atom is -0.497 e. The molecule has 1 aliphatic rings. The van der Waals surface area contributed by atoms with E-state index in [-0.39, 0.29) is 19.1 Å². The molecule has 1 heterocycles. The van der Waals surface area contributed by atoms with Crippen molar-refractivity contribution in [2.75, 3.05) is 26.9 Å². The fraction of sp³-hybridized carbons (Fsp3) is 0.269. The van der Waals surface area contributed by atoms with Crippen LogP contribution in [0, 0.1) is 0 Å². The second kappa shape index (κ2) is 10.5. The van der Waals surface area contributed by atoms with Gasteiger partial charge in [0, 0.05) is 19.5 Å². The van der Waals surface area contributed by atoms with Gasteiger partial charge in [0.25, 0.3) is 0 Å². The fourth-order valence-electron chi connectivity index (χ4n) is 3.85. The third kappa shape index (κ3) is 5.61. The number of halogens is 2. The van der Waals surface area contributed by atoms with E-state index in [4.69, 9.17) is 37.4 Å². The van der Waals surface area contributed by atoms with E-state index in [1.807, 2.05) is 65.6 Å². The van der Waals surface area contributed by atoms with Gasteiger partial charge in [0.2, 0.25) is 5.91 Å². The lowest BCUT2D eigenvalue weighted by Crippen LogP contribution is -2.37. The van der Waals surface area contributed by atoms with Gasteiger partial charge in [0.15, 0.2) is 0 Å². The first-order valence-corrected chi connectivity index (χ1v) is 11.4. The van der Waals surface area contributed by atoms with Crippen molar-refractivity contribution in [1.29, 1.82) is 0 Å². The number of nitrogens with zero attached hydrogens (tertiary/aromatic N) is 1. The maximum Gasteiger partial charge on any atom is 0.248 e. The molecule has 172 valence electrons. The average Bonchev–Trinajstić information content (AvgIpc) is 3.00. The maximum atomic E-state index is 12.9. The molecule has 3 aromatic carbocycles. The zero-order valence-corrected chi connectivity index (χ0v) is 19.8. The van der Waals surface area contributed by atoms with Gasteiger partial charge in [-0.2, -0.15) is 0 Å². The quantitative estimate of drug-likeness (QED) is 0.428. The molecule has 1 amide bonds. The van der Waals surface area contributed by atoms with Crippen molar-refractivity contribution in [2.45, 2.75) is 18.6 Å². The molecule has 1 fully saturated rings. The van der Waals surface area contributed by atoms with E-state index in [9.17, 15) is 4.79 Å². The number of benzene rings is 3. The van der Waals surface area contributed by atoms with Gasteiger partial charge in [-0.1, -0.05) is 59.6 Å². The molecule has 0 aromatic heterocycles. The number of rotatable bonds is 7. The first-order valence-electron chi connectivity index (χ1n) is 10.7. The Balaban J connectivity index is 1.59. The summed E-state index contributed by atoms with van der Waals surface area (Å²) in [4.78, 5) is 14.7. The molecule has 0 spiro atoms. The standard InChI is InChI=1S/C26H25Cl2NO4/c1-31-21-8-10-22(11-9-21)32-18-26(20-7-12-23(27)24(28)15-20)13-14-29(25(30)17-33-26)16-19-5-3-2-4-6-19/h2-12,15H,13-14,16-18H2,1H3. The largest absolute Gasteiger partial charge is 0.497 e. The van der Waals surface area contributed by atoms with Gasteiger partial charge in [-0.05, 0) is 47.5 Å². The second-order valence-corrected chi connectivity index (χ2v) is 8.74. The van der Waals surface area contributed by atoms with Crippen LogP contribution in [0.1, 0.15) is 17.5 Å². The normalized spacial score (nSPS) is 18.6. The Morgan fingerprint density at radius 3 is 2.39 bits per heavy atom. The van der Waals surface area contributed by atoms with Crippen LogP contribution in [0.5, 0.6) is 11.5 Å². The second-order valence-electron chi connectivity index (χ2n) is 7.93. The fourth-order valence-corrected chi connectivity index (χ4v) is 4.15. The van der Waals surface area contributed by atoms with Crippen molar-refractivity contribution in [3.63, 3.8) is 0 Å². The van der Waals surface area contributed by atoms with E-state index < -0.39 is 5.60 Å². The zero-order valence-electron chi connectivity index (χ0n) is 18.3. The van der Waals surface area contributed by atoms with Crippen LogP contribution >= 0.6 is 23.2 Å². The van der Waals surface area contributed by atoms with Gasteiger partial charge in [-0.25, -0.2) is 0 Å². The minimum absolute atomic E-state index is 0.0565. The zero-order chi connectivity index (χ0) is 23.3. The van der Waals surface area contributed by atoms with Crippen molar-refractivity contribution < 1.29 is 19.0 Å². The maximum absolute atomic E-state index is 12.9. The molecule has 3 aromatic rings. The number of methoxy groups -OCH3 is 1. The van der Waals surface area contributed by atoms with Crippen molar-refractivity contribution >= 4 is 29.1 Å². The molecule has 33 heavy (non-hydrogen) atoms. The molecule has 1 unspecified atom stereocenters. The molecule has 7 heteroatoms. The van der Waals surface area contributed by atoms with Gasteiger partial charge < -0.3 is 19.1 Å². The lowest BCUT2D eigenvalue weighted by molar-refractivity contribution is -0.140. The van der Waals surface area contributed by atoms with Crippen molar-refractivity contribution in [3.8, 4) is 11.5 Å². The number of amides is 1. The topological polar surface area (TPSA) is 48.0 Å². The Kier molecular flexibility index (Phi) is 7.43. The van der Waals surface area contributed by atoms with Crippen LogP contribution < -0.4 is 9.47 Å². The van der Waals surface area contributed by atoms with Crippen molar-refractivity contribution in [1.82, 2.24) is 4.90 Å². The number of carbonyl (C=O) groups excluding carboxylic acids is 1. The highest BCUT2D eigenvalue weighted by Crippen LogP contribution is 2.36. The summed E-state index contributed by atoms with van der Waals surface area (Å²) in [6, 6.07) is 22.7. The van der Waals surface area contributed by atoms with Crippen LogP contribution in [-0.2, 0) is 21.7 Å². The van der Waals surface area contributed by atoms with Crippen LogP contribution in [0.2, 0.25) is 10.0 Å². The van der Waals surface area contributed by atoms with Crippen LogP contribution in [0.4, 0.5) is 0 Å². The lowest BCUT2D eigenvalue weighted by Gasteiger charge is -2.33. The average molecular weight is 486 g/mol.